The molecule has 0 saturated carbocycles. The molecule has 0 bridgehead atoms. The van der Waals surface area contributed by atoms with Crippen molar-refractivity contribution in [1.82, 2.24) is 0 Å². The standard InChI is InChI=1S/C20H18.C6H10O3/c1-20(17-11-5-2-6-12-17,18-13-7-3-8-14-18)19-15-9-4-10-16-19;1(5-3-8-5)7-2-6-4-9-6/h2-16H,1H3;5-6H,1-4H2. The number of epoxide rings is 2. The van der Waals surface area contributed by atoms with Gasteiger partial charge in [-0.2, -0.15) is 0 Å². The van der Waals surface area contributed by atoms with E-state index in [0.29, 0.717) is 12.2 Å². The molecule has 3 aromatic rings. The number of benzene rings is 3. The molecule has 3 heteroatoms. The molecule has 2 aliphatic rings. The summed E-state index contributed by atoms with van der Waals surface area (Å²) < 4.78 is 15.1. The van der Waals surface area contributed by atoms with E-state index < -0.39 is 0 Å². The van der Waals surface area contributed by atoms with Crippen LogP contribution in [0.2, 0.25) is 0 Å². The van der Waals surface area contributed by atoms with Crippen LogP contribution in [0.25, 0.3) is 0 Å². The zero-order chi connectivity index (χ0) is 19.9. The third-order valence-electron chi connectivity index (χ3n) is 5.47. The van der Waals surface area contributed by atoms with Crippen LogP contribution in [0.3, 0.4) is 0 Å². The van der Waals surface area contributed by atoms with Crippen LogP contribution in [0.15, 0.2) is 91.0 Å². The van der Waals surface area contributed by atoms with Crippen molar-refractivity contribution in [3.63, 3.8) is 0 Å². The van der Waals surface area contributed by atoms with Gasteiger partial charge in [-0.05, 0) is 23.6 Å². The van der Waals surface area contributed by atoms with Crippen LogP contribution >= 0.6 is 0 Å². The fraction of sp³-hybridized carbons (Fsp3) is 0.308. The van der Waals surface area contributed by atoms with Gasteiger partial charge in [0.1, 0.15) is 12.2 Å². The molecular formula is C26H28O3. The Morgan fingerprint density at radius 3 is 1.24 bits per heavy atom. The summed E-state index contributed by atoms with van der Waals surface area (Å²) in [6.45, 7) is 5.56. The van der Waals surface area contributed by atoms with Gasteiger partial charge in [0.05, 0.1) is 26.4 Å². The van der Waals surface area contributed by atoms with Crippen LogP contribution in [0.1, 0.15) is 23.6 Å². The van der Waals surface area contributed by atoms with E-state index in [2.05, 4.69) is 97.9 Å². The summed E-state index contributed by atoms with van der Waals surface area (Å²) in [5.41, 5.74) is 3.83. The van der Waals surface area contributed by atoms with Gasteiger partial charge in [-0.3, -0.25) is 0 Å². The zero-order valence-electron chi connectivity index (χ0n) is 16.9. The van der Waals surface area contributed by atoms with Crippen molar-refractivity contribution in [2.45, 2.75) is 24.5 Å². The van der Waals surface area contributed by atoms with Crippen LogP contribution < -0.4 is 0 Å². The molecule has 2 heterocycles. The van der Waals surface area contributed by atoms with Gasteiger partial charge in [-0.25, -0.2) is 0 Å². The van der Waals surface area contributed by atoms with E-state index in [1.54, 1.807) is 0 Å². The summed E-state index contributed by atoms with van der Waals surface area (Å²) in [5.74, 6) is 0. The van der Waals surface area contributed by atoms with E-state index in [0.717, 1.165) is 26.4 Å². The molecule has 5 rings (SSSR count). The number of hydrogen-bond acceptors (Lipinski definition) is 3. The molecule has 0 N–H and O–H groups in total. The van der Waals surface area contributed by atoms with Crippen LogP contribution in [-0.2, 0) is 19.6 Å². The molecule has 29 heavy (non-hydrogen) atoms. The predicted octanol–water partition coefficient (Wildman–Crippen LogP) is 4.84. The molecule has 2 saturated heterocycles. The SMILES string of the molecule is C(OCC1CO1)C1CO1.CC(c1ccccc1)(c1ccccc1)c1ccccc1. The van der Waals surface area contributed by atoms with E-state index >= 15 is 0 Å². The smallest absolute Gasteiger partial charge is 0.104 e. The fourth-order valence-electron chi connectivity index (χ4n) is 3.47. The summed E-state index contributed by atoms with van der Waals surface area (Å²) in [7, 11) is 0. The van der Waals surface area contributed by atoms with Gasteiger partial charge >= 0.3 is 0 Å². The Balaban J connectivity index is 0.000000188. The summed E-state index contributed by atoms with van der Waals surface area (Å²) >= 11 is 0. The van der Waals surface area contributed by atoms with E-state index in [1.165, 1.54) is 16.7 Å². The highest BCUT2D eigenvalue weighted by Crippen LogP contribution is 2.38. The second kappa shape index (κ2) is 9.36. The molecule has 3 nitrogen and oxygen atoms in total. The average molecular weight is 389 g/mol. The van der Waals surface area contributed by atoms with Crippen LogP contribution in [0.5, 0.6) is 0 Å². The lowest BCUT2D eigenvalue weighted by atomic mass is 9.71. The first-order valence-electron chi connectivity index (χ1n) is 10.2. The highest BCUT2D eigenvalue weighted by Gasteiger charge is 2.30. The Bertz CT molecular complexity index is 748. The Labute approximate surface area is 173 Å². The third-order valence-corrected chi connectivity index (χ3v) is 5.47. The Morgan fingerprint density at radius 1 is 0.655 bits per heavy atom. The van der Waals surface area contributed by atoms with Crippen molar-refractivity contribution in [2.75, 3.05) is 26.4 Å². The summed E-state index contributed by atoms with van der Waals surface area (Å²) in [4.78, 5) is 0. The number of rotatable bonds is 7. The molecule has 0 spiro atoms. The van der Waals surface area contributed by atoms with Gasteiger partial charge in [0.15, 0.2) is 0 Å². The first-order chi connectivity index (χ1) is 14.3. The van der Waals surface area contributed by atoms with Crippen LogP contribution in [0, 0.1) is 0 Å². The minimum absolute atomic E-state index is 0.121. The number of hydrogen-bond donors (Lipinski definition) is 0. The first-order valence-corrected chi connectivity index (χ1v) is 10.2. The Morgan fingerprint density at radius 2 is 0.966 bits per heavy atom. The maximum Gasteiger partial charge on any atom is 0.104 e. The van der Waals surface area contributed by atoms with Crippen molar-refractivity contribution < 1.29 is 14.2 Å². The third kappa shape index (κ3) is 5.33. The van der Waals surface area contributed by atoms with Crippen molar-refractivity contribution in [2.24, 2.45) is 0 Å². The second-order valence-corrected chi connectivity index (χ2v) is 7.67. The highest BCUT2D eigenvalue weighted by atomic mass is 16.6. The van der Waals surface area contributed by atoms with Gasteiger partial charge in [0, 0.05) is 5.41 Å². The first kappa shape index (κ1) is 19.8. The van der Waals surface area contributed by atoms with Crippen molar-refractivity contribution in [3.8, 4) is 0 Å². The van der Waals surface area contributed by atoms with E-state index in [4.69, 9.17) is 14.2 Å². The Kier molecular flexibility index (Phi) is 6.40. The molecule has 2 aliphatic heterocycles. The van der Waals surface area contributed by atoms with Crippen molar-refractivity contribution in [1.29, 1.82) is 0 Å². The monoisotopic (exact) mass is 388 g/mol. The quantitative estimate of drug-likeness (QED) is 0.429. The Hall–Kier alpha value is -2.46. The number of ether oxygens (including phenoxy) is 3. The van der Waals surface area contributed by atoms with Gasteiger partial charge in [-0.15, -0.1) is 0 Å². The lowest BCUT2D eigenvalue weighted by Crippen LogP contribution is -2.25. The topological polar surface area (TPSA) is 34.3 Å². The van der Waals surface area contributed by atoms with Gasteiger partial charge in [-0.1, -0.05) is 91.0 Å². The largest absolute Gasteiger partial charge is 0.376 e. The summed E-state index contributed by atoms with van der Waals surface area (Å²) in [6.07, 6.45) is 0.785. The normalized spacial score (nSPS) is 19.8. The van der Waals surface area contributed by atoms with Gasteiger partial charge in [0.2, 0.25) is 0 Å². The lowest BCUT2D eigenvalue weighted by Gasteiger charge is -2.31. The minimum Gasteiger partial charge on any atom is -0.376 e. The van der Waals surface area contributed by atoms with Gasteiger partial charge < -0.3 is 14.2 Å². The van der Waals surface area contributed by atoms with Crippen LogP contribution in [0.4, 0.5) is 0 Å². The highest BCUT2D eigenvalue weighted by molar-refractivity contribution is 5.49. The minimum atomic E-state index is -0.121. The molecule has 2 fully saturated rings. The molecule has 0 amide bonds. The molecular weight excluding hydrogens is 360 g/mol. The molecule has 0 aliphatic carbocycles. The van der Waals surface area contributed by atoms with E-state index in [1.807, 2.05) is 0 Å². The molecule has 2 atom stereocenters. The summed E-state index contributed by atoms with van der Waals surface area (Å²) in [5, 5.41) is 0. The predicted molar refractivity (Wildman–Crippen MR) is 115 cm³/mol. The molecule has 2 unspecified atom stereocenters. The average Bonchev–Trinajstić information content (AvgIpc) is 3.72. The van der Waals surface area contributed by atoms with Crippen molar-refractivity contribution in [3.05, 3.63) is 108 Å². The van der Waals surface area contributed by atoms with Crippen molar-refractivity contribution >= 4 is 0 Å². The van der Waals surface area contributed by atoms with Gasteiger partial charge in [0.25, 0.3) is 0 Å². The zero-order valence-corrected chi connectivity index (χ0v) is 16.9. The molecule has 3 aromatic carbocycles. The lowest BCUT2D eigenvalue weighted by molar-refractivity contribution is 0.102. The van der Waals surface area contributed by atoms with Crippen LogP contribution in [-0.4, -0.2) is 38.6 Å². The molecule has 150 valence electrons. The van der Waals surface area contributed by atoms with E-state index in [-0.39, 0.29) is 5.41 Å². The molecule has 0 radical (unpaired) electrons. The van der Waals surface area contributed by atoms with E-state index in [9.17, 15) is 0 Å². The summed E-state index contributed by atoms with van der Waals surface area (Å²) in [6, 6.07) is 32.1. The fourth-order valence-corrected chi connectivity index (χ4v) is 3.47. The maximum atomic E-state index is 5.23. The second-order valence-electron chi connectivity index (χ2n) is 7.67. The maximum absolute atomic E-state index is 5.23. The molecule has 0 aromatic heterocycles.